The van der Waals surface area contributed by atoms with Gasteiger partial charge in [0.05, 0.1) is 0 Å². The van der Waals surface area contributed by atoms with Crippen LogP contribution in [-0.2, 0) is 25.7 Å². The van der Waals surface area contributed by atoms with Gasteiger partial charge in [-0.3, -0.25) is 0 Å². The van der Waals surface area contributed by atoms with E-state index in [2.05, 4.69) is 73.4 Å². The third-order valence-corrected chi connectivity index (χ3v) is 10.4. The summed E-state index contributed by atoms with van der Waals surface area (Å²) in [5.74, 6) is 3.16. The fourth-order valence-electron chi connectivity index (χ4n) is 5.40. The Labute approximate surface area is 241 Å². The Kier molecular flexibility index (Phi) is 8.28. The Morgan fingerprint density at radius 1 is 0.500 bits per heavy atom. The molecule has 0 saturated heterocycles. The maximum absolute atomic E-state index is 5.32. The first-order valence-corrected chi connectivity index (χ1v) is 16.4. The van der Waals surface area contributed by atoms with Gasteiger partial charge in [-0.1, -0.05) is 0 Å². The van der Waals surface area contributed by atoms with Crippen molar-refractivity contribution in [3.8, 4) is 0 Å². The van der Waals surface area contributed by atoms with E-state index in [0.29, 0.717) is 0 Å². The molecule has 0 amide bonds. The lowest BCUT2D eigenvalue weighted by atomic mass is 9.87. The highest BCUT2D eigenvalue weighted by Crippen LogP contribution is 2.50. The van der Waals surface area contributed by atoms with E-state index in [4.69, 9.17) is 25.3 Å². The van der Waals surface area contributed by atoms with Gasteiger partial charge in [-0.25, -0.2) is 0 Å². The van der Waals surface area contributed by atoms with E-state index < -0.39 is 0 Å². The average molecular weight is 595 g/mol. The van der Waals surface area contributed by atoms with Crippen molar-refractivity contribution in [2.24, 2.45) is 0 Å². The van der Waals surface area contributed by atoms with Crippen molar-refractivity contribution >= 4 is 140 Å². The van der Waals surface area contributed by atoms with Gasteiger partial charge in [0.15, 0.2) is 0 Å². The first-order chi connectivity index (χ1) is 16.6. The van der Waals surface area contributed by atoms with Crippen molar-refractivity contribution in [2.45, 2.75) is 35.5 Å². The summed E-state index contributed by atoms with van der Waals surface area (Å²) < 4.78 is 2.70. The fraction of sp³-hybridized carbons (Fsp3) is 0.308. The van der Waals surface area contributed by atoms with Gasteiger partial charge in [-0.05, 0) is 105 Å². The van der Waals surface area contributed by atoms with Crippen LogP contribution in [0.15, 0.2) is 32.7 Å². The Balaban J connectivity index is 2.13. The average Bonchev–Trinajstić information content (AvgIpc) is 3.50. The lowest BCUT2D eigenvalue weighted by molar-refractivity contribution is 1.16. The molecule has 2 aromatic heterocycles. The van der Waals surface area contributed by atoms with Crippen LogP contribution in [0.2, 0.25) is 0 Å². The molecule has 0 fully saturated rings. The lowest BCUT2D eigenvalue weighted by Gasteiger charge is -2.23. The summed E-state index contributed by atoms with van der Waals surface area (Å²) in [4.78, 5) is 2.14. The van der Waals surface area contributed by atoms with Crippen LogP contribution in [-0.4, -0.2) is 23.0 Å². The van der Waals surface area contributed by atoms with Gasteiger partial charge in [0, 0.05) is 40.7 Å². The summed E-state index contributed by atoms with van der Waals surface area (Å²) >= 11 is 32.8. The van der Waals surface area contributed by atoms with Crippen molar-refractivity contribution in [3.05, 3.63) is 45.1 Å². The fourth-order valence-corrected chi connectivity index (χ4v) is 9.29. The first-order valence-electron chi connectivity index (χ1n) is 11.3. The zero-order chi connectivity index (χ0) is 24.0. The molecule has 5 rings (SSSR count). The second-order valence-electron chi connectivity index (χ2n) is 8.33. The molecule has 0 unspecified atom stereocenters. The highest BCUT2D eigenvalue weighted by molar-refractivity contribution is 7.81. The van der Waals surface area contributed by atoms with Crippen molar-refractivity contribution in [1.29, 1.82) is 0 Å². The molecule has 0 aliphatic heterocycles. The molecule has 178 valence electrons. The van der Waals surface area contributed by atoms with Gasteiger partial charge in [0.1, 0.15) is 0 Å². The Hall–Kier alpha value is 0.200. The number of thiophene rings is 2. The molecule has 0 atom stereocenters. The van der Waals surface area contributed by atoms with Crippen LogP contribution in [0.25, 0.3) is 41.7 Å². The molecule has 0 saturated carbocycles. The Morgan fingerprint density at radius 3 is 1.18 bits per heavy atom. The maximum atomic E-state index is 5.32. The lowest BCUT2D eigenvalue weighted by Crippen LogP contribution is -2.03. The van der Waals surface area contributed by atoms with Gasteiger partial charge < -0.3 is 0 Å². The number of fused-ring (bicyclic) bond motifs is 4. The van der Waals surface area contributed by atoms with Gasteiger partial charge in [-0.2, -0.15) is 50.5 Å². The van der Waals surface area contributed by atoms with Crippen LogP contribution in [0.4, 0.5) is 0 Å². The molecule has 0 radical (unpaired) electrons. The largest absolute Gasteiger partial charge is 0.179 e. The van der Waals surface area contributed by atoms with E-state index in [-0.39, 0.29) is 0 Å². The van der Waals surface area contributed by atoms with Gasteiger partial charge >= 0.3 is 0 Å². The number of hydrogen-bond acceptors (Lipinski definition) is 8. The first kappa shape index (κ1) is 25.8. The van der Waals surface area contributed by atoms with Crippen LogP contribution in [0.1, 0.15) is 22.3 Å². The predicted octanol–water partition coefficient (Wildman–Crippen LogP) is 8.89. The third-order valence-electron chi connectivity index (χ3n) is 6.63. The van der Waals surface area contributed by atoms with E-state index in [1.54, 1.807) is 0 Å². The van der Waals surface area contributed by atoms with Crippen molar-refractivity contribution in [2.75, 3.05) is 23.0 Å². The number of benzene rings is 3. The van der Waals surface area contributed by atoms with E-state index in [1.165, 1.54) is 64.0 Å². The second-order valence-corrected chi connectivity index (χ2v) is 12.8. The van der Waals surface area contributed by atoms with Crippen LogP contribution in [0, 0.1) is 0 Å². The normalized spacial score (nSPS) is 12.2. The molecule has 0 aliphatic carbocycles. The Bertz CT molecular complexity index is 1300. The van der Waals surface area contributed by atoms with Crippen LogP contribution < -0.4 is 0 Å². The second kappa shape index (κ2) is 10.9. The zero-order valence-corrected chi connectivity index (χ0v) is 25.5. The standard InChI is InChI=1S/C26H26S8/c27-7-1-13-15-5-11-33-25(15)17(3-9-29)21-19(13)23(31)22-18(4-10-30)26-16(6-12-34-26)14(2-8-28)20(22)24(21)32/h5-6,11-12,27-32H,1-4,7-10H2. The SMILES string of the molecule is SCCc1c2ccsc2c(CCS)c2c(S)c3c(CCS)c4ccsc4c(CCS)c3c(S)c12. The van der Waals surface area contributed by atoms with Crippen molar-refractivity contribution in [3.63, 3.8) is 0 Å². The number of thiol groups is 6. The summed E-state index contributed by atoms with van der Waals surface area (Å²) in [5.41, 5.74) is 5.37. The molecule has 3 aromatic carbocycles. The molecule has 0 bridgehead atoms. The van der Waals surface area contributed by atoms with Crippen LogP contribution >= 0.6 is 98.4 Å². The molecule has 0 N–H and O–H groups in total. The number of aryl methyl sites for hydroxylation is 4. The summed E-state index contributed by atoms with van der Waals surface area (Å²) in [6.07, 6.45) is 3.59. The predicted molar refractivity (Wildman–Crippen MR) is 177 cm³/mol. The molecule has 2 heterocycles. The van der Waals surface area contributed by atoms with E-state index in [0.717, 1.165) is 58.5 Å². The molecular formula is C26H26S8. The van der Waals surface area contributed by atoms with Crippen LogP contribution in [0.3, 0.4) is 0 Å². The van der Waals surface area contributed by atoms with Gasteiger partial charge in [0.2, 0.25) is 0 Å². The number of rotatable bonds is 8. The van der Waals surface area contributed by atoms with E-state index in [9.17, 15) is 0 Å². The maximum Gasteiger partial charge on any atom is 0.0384 e. The molecule has 0 aliphatic rings. The topological polar surface area (TPSA) is 0 Å². The monoisotopic (exact) mass is 594 g/mol. The van der Waals surface area contributed by atoms with Crippen molar-refractivity contribution < 1.29 is 0 Å². The highest BCUT2D eigenvalue weighted by atomic mass is 32.1. The minimum atomic E-state index is 0.789. The van der Waals surface area contributed by atoms with Crippen LogP contribution in [0.5, 0.6) is 0 Å². The van der Waals surface area contributed by atoms with E-state index in [1.807, 2.05) is 22.7 Å². The van der Waals surface area contributed by atoms with Gasteiger partial charge in [-0.15, -0.1) is 47.9 Å². The quantitative estimate of drug-likeness (QED) is 0.0750. The third kappa shape index (κ3) is 4.03. The van der Waals surface area contributed by atoms with Crippen molar-refractivity contribution in [1.82, 2.24) is 0 Å². The summed E-state index contributed by atoms with van der Waals surface area (Å²) in [6.45, 7) is 0. The molecule has 8 heteroatoms. The summed E-state index contributed by atoms with van der Waals surface area (Å²) in [5, 5.41) is 12.0. The zero-order valence-electron chi connectivity index (χ0n) is 18.5. The smallest absolute Gasteiger partial charge is 0.0384 e. The number of hydrogen-bond donors (Lipinski definition) is 6. The molecule has 0 spiro atoms. The molecular weight excluding hydrogens is 569 g/mol. The van der Waals surface area contributed by atoms with Gasteiger partial charge in [0.25, 0.3) is 0 Å². The van der Waals surface area contributed by atoms with E-state index >= 15 is 0 Å². The molecule has 0 nitrogen and oxygen atoms in total. The Morgan fingerprint density at radius 2 is 0.824 bits per heavy atom. The minimum absolute atomic E-state index is 0.789. The molecule has 5 aromatic rings. The minimum Gasteiger partial charge on any atom is -0.179 e. The highest BCUT2D eigenvalue weighted by Gasteiger charge is 2.25. The summed E-state index contributed by atoms with van der Waals surface area (Å²) in [7, 11) is 0. The molecule has 34 heavy (non-hydrogen) atoms. The summed E-state index contributed by atoms with van der Waals surface area (Å²) in [6, 6.07) is 4.53.